The van der Waals surface area contributed by atoms with Crippen LogP contribution >= 0.6 is 0 Å². The maximum absolute atomic E-state index is 14.0. The minimum atomic E-state index is -0.903. The summed E-state index contributed by atoms with van der Waals surface area (Å²) < 4.78 is 27.2. The summed E-state index contributed by atoms with van der Waals surface area (Å²) in [5, 5.41) is 9.87. The van der Waals surface area contributed by atoms with E-state index in [-0.39, 0.29) is 23.7 Å². The van der Waals surface area contributed by atoms with Crippen molar-refractivity contribution in [1.82, 2.24) is 20.4 Å². The summed E-state index contributed by atoms with van der Waals surface area (Å²) >= 11 is 0. The molecule has 6 nitrogen and oxygen atoms in total. The summed E-state index contributed by atoms with van der Waals surface area (Å²) in [4.78, 5) is 26.8. The molecule has 0 unspecified atom stereocenters. The lowest BCUT2D eigenvalue weighted by molar-refractivity contribution is 0.0726. The third-order valence-electron chi connectivity index (χ3n) is 5.37. The Labute approximate surface area is 178 Å². The summed E-state index contributed by atoms with van der Waals surface area (Å²) in [5.41, 5.74) is 2.67. The smallest absolute Gasteiger partial charge is 0.272 e. The van der Waals surface area contributed by atoms with E-state index in [1.807, 2.05) is 30.3 Å². The molecule has 0 bridgehead atoms. The van der Waals surface area contributed by atoms with Gasteiger partial charge in [-0.05, 0) is 30.5 Å². The number of aromatic amines is 1. The highest BCUT2D eigenvalue weighted by Crippen LogP contribution is 2.23. The Morgan fingerprint density at radius 1 is 1.13 bits per heavy atom. The Morgan fingerprint density at radius 3 is 2.71 bits per heavy atom. The quantitative estimate of drug-likeness (QED) is 0.597. The van der Waals surface area contributed by atoms with Gasteiger partial charge in [-0.2, -0.15) is 5.10 Å². The fourth-order valence-electron chi connectivity index (χ4n) is 3.71. The van der Waals surface area contributed by atoms with Gasteiger partial charge in [0.1, 0.15) is 11.6 Å². The molecule has 4 rings (SSSR count). The summed E-state index contributed by atoms with van der Waals surface area (Å²) in [6, 6.07) is 12.9. The Balaban J connectivity index is 1.39. The van der Waals surface area contributed by atoms with Crippen LogP contribution in [0.5, 0.6) is 0 Å². The molecule has 0 atom stereocenters. The summed E-state index contributed by atoms with van der Waals surface area (Å²) in [7, 11) is 0. The normalized spacial score (nSPS) is 13.0. The SMILES string of the molecule is O=C(NCCCc1ccccc1)c1n[nH]c2c1CN(C(=O)c1ccc(F)cc1F)CC2. The van der Waals surface area contributed by atoms with Crippen LogP contribution in [0, 0.1) is 11.6 Å². The summed E-state index contributed by atoms with van der Waals surface area (Å²) in [5.74, 6) is -2.50. The minimum absolute atomic E-state index is 0.133. The Morgan fingerprint density at radius 2 is 1.94 bits per heavy atom. The van der Waals surface area contributed by atoms with Crippen molar-refractivity contribution in [3.63, 3.8) is 0 Å². The van der Waals surface area contributed by atoms with E-state index < -0.39 is 17.5 Å². The summed E-state index contributed by atoms with van der Waals surface area (Å²) in [6.07, 6.45) is 2.11. The zero-order valence-corrected chi connectivity index (χ0v) is 16.8. The monoisotopic (exact) mass is 424 g/mol. The van der Waals surface area contributed by atoms with Gasteiger partial charge in [-0.15, -0.1) is 0 Å². The van der Waals surface area contributed by atoms with Crippen molar-refractivity contribution >= 4 is 11.8 Å². The highest BCUT2D eigenvalue weighted by Gasteiger charge is 2.29. The predicted octanol–water partition coefficient (Wildman–Crippen LogP) is 3.25. The second kappa shape index (κ2) is 9.07. The molecule has 2 aromatic carbocycles. The lowest BCUT2D eigenvalue weighted by atomic mass is 10.0. The number of nitrogens with one attached hydrogen (secondary N) is 2. The largest absolute Gasteiger partial charge is 0.351 e. The van der Waals surface area contributed by atoms with E-state index in [0.29, 0.717) is 31.1 Å². The molecule has 0 aliphatic carbocycles. The Hall–Kier alpha value is -3.55. The molecule has 2 N–H and O–H groups in total. The van der Waals surface area contributed by atoms with Gasteiger partial charge in [0, 0.05) is 36.8 Å². The molecule has 2 heterocycles. The molecule has 1 aliphatic heterocycles. The van der Waals surface area contributed by atoms with E-state index in [1.165, 1.54) is 10.5 Å². The highest BCUT2D eigenvalue weighted by atomic mass is 19.1. The second-order valence-corrected chi connectivity index (χ2v) is 7.48. The van der Waals surface area contributed by atoms with Gasteiger partial charge in [-0.25, -0.2) is 8.78 Å². The molecule has 8 heteroatoms. The average molecular weight is 424 g/mol. The van der Waals surface area contributed by atoms with Gasteiger partial charge in [-0.1, -0.05) is 30.3 Å². The number of halogens is 2. The van der Waals surface area contributed by atoms with Crippen molar-refractivity contribution in [2.24, 2.45) is 0 Å². The van der Waals surface area contributed by atoms with Gasteiger partial charge in [0.25, 0.3) is 11.8 Å². The second-order valence-electron chi connectivity index (χ2n) is 7.48. The first-order valence-electron chi connectivity index (χ1n) is 10.2. The number of nitrogens with zero attached hydrogens (tertiary/aromatic N) is 2. The Kier molecular flexibility index (Phi) is 6.06. The van der Waals surface area contributed by atoms with Gasteiger partial charge in [0.05, 0.1) is 12.1 Å². The number of benzene rings is 2. The molecular weight excluding hydrogens is 402 g/mol. The molecule has 0 saturated heterocycles. The maximum atomic E-state index is 14.0. The van der Waals surface area contributed by atoms with E-state index in [0.717, 1.165) is 30.7 Å². The van der Waals surface area contributed by atoms with Crippen LogP contribution in [0.2, 0.25) is 0 Å². The first-order valence-corrected chi connectivity index (χ1v) is 10.2. The molecule has 2 amide bonds. The molecular formula is C23H22F2N4O2. The van der Waals surface area contributed by atoms with E-state index in [9.17, 15) is 18.4 Å². The highest BCUT2D eigenvalue weighted by molar-refractivity contribution is 5.96. The number of rotatable bonds is 6. The first-order chi connectivity index (χ1) is 15.0. The van der Waals surface area contributed by atoms with E-state index in [2.05, 4.69) is 15.5 Å². The fourth-order valence-corrected chi connectivity index (χ4v) is 3.71. The van der Waals surface area contributed by atoms with Crippen LogP contribution in [0.1, 0.15) is 44.1 Å². The number of amides is 2. The molecule has 0 fully saturated rings. The van der Waals surface area contributed by atoms with Crippen molar-refractivity contribution in [1.29, 1.82) is 0 Å². The molecule has 3 aromatic rings. The predicted molar refractivity (Wildman–Crippen MR) is 110 cm³/mol. The van der Waals surface area contributed by atoms with Crippen molar-refractivity contribution in [2.45, 2.75) is 25.8 Å². The minimum Gasteiger partial charge on any atom is -0.351 e. The molecule has 0 saturated carbocycles. The van der Waals surface area contributed by atoms with Gasteiger partial charge in [0.2, 0.25) is 0 Å². The number of hydrogen-bond acceptors (Lipinski definition) is 3. The lowest BCUT2D eigenvalue weighted by Gasteiger charge is -2.27. The van der Waals surface area contributed by atoms with Crippen LogP contribution in [-0.4, -0.2) is 40.0 Å². The van der Waals surface area contributed by atoms with Gasteiger partial charge < -0.3 is 10.2 Å². The van der Waals surface area contributed by atoms with Gasteiger partial charge in [-0.3, -0.25) is 14.7 Å². The van der Waals surface area contributed by atoms with E-state index in [1.54, 1.807) is 0 Å². The number of H-pyrrole nitrogens is 1. The number of hydrogen-bond donors (Lipinski definition) is 2. The number of carbonyl (C=O) groups is 2. The van der Waals surface area contributed by atoms with Crippen molar-refractivity contribution in [3.8, 4) is 0 Å². The number of carbonyl (C=O) groups excluding carboxylic acids is 2. The van der Waals surface area contributed by atoms with Crippen molar-refractivity contribution < 1.29 is 18.4 Å². The van der Waals surface area contributed by atoms with Crippen molar-refractivity contribution in [3.05, 3.63) is 88.2 Å². The van der Waals surface area contributed by atoms with Crippen LogP contribution in [0.4, 0.5) is 8.78 Å². The van der Waals surface area contributed by atoms with E-state index in [4.69, 9.17) is 0 Å². The topological polar surface area (TPSA) is 78.1 Å². The third kappa shape index (κ3) is 4.63. The molecule has 0 spiro atoms. The average Bonchev–Trinajstić information content (AvgIpc) is 3.20. The lowest BCUT2D eigenvalue weighted by Crippen LogP contribution is -2.37. The summed E-state index contributed by atoms with van der Waals surface area (Å²) in [6.45, 7) is 0.982. The first kappa shape index (κ1) is 20.7. The van der Waals surface area contributed by atoms with Gasteiger partial charge >= 0.3 is 0 Å². The molecule has 0 radical (unpaired) electrons. The maximum Gasteiger partial charge on any atom is 0.272 e. The van der Waals surface area contributed by atoms with Crippen molar-refractivity contribution in [2.75, 3.05) is 13.1 Å². The molecule has 1 aliphatic rings. The Bertz CT molecular complexity index is 1100. The van der Waals surface area contributed by atoms with E-state index >= 15 is 0 Å². The van der Waals surface area contributed by atoms with Crippen LogP contribution in [0.25, 0.3) is 0 Å². The number of aromatic nitrogens is 2. The standard InChI is InChI=1S/C23H22F2N4O2/c24-16-8-9-17(19(25)13-16)23(31)29-12-10-20-18(14-29)21(28-27-20)22(30)26-11-4-7-15-5-2-1-3-6-15/h1-3,5-6,8-9,13H,4,7,10-12,14H2,(H,26,30)(H,27,28). The molecule has 31 heavy (non-hydrogen) atoms. The molecule has 160 valence electrons. The zero-order valence-electron chi connectivity index (χ0n) is 16.8. The van der Waals surface area contributed by atoms with Crippen LogP contribution in [0.15, 0.2) is 48.5 Å². The van der Waals surface area contributed by atoms with Gasteiger partial charge in [0.15, 0.2) is 5.69 Å². The number of aryl methyl sites for hydroxylation is 1. The molecule has 1 aromatic heterocycles. The fraction of sp³-hybridized carbons (Fsp3) is 0.261. The zero-order chi connectivity index (χ0) is 21.8. The van der Waals surface area contributed by atoms with Crippen LogP contribution in [-0.2, 0) is 19.4 Å². The third-order valence-corrected chi connectivity index (χ3v) is 5.37. The van der Waals surface area contributed by atoms with Crippen LogP contribution < -0.4 is 5.32 Å². The number of fused-ring (bicyclic) bond motifs is 1. The van der Waals surface area contributed by atoms with Crippen LogP contribution in [0.3, 0.4) is 0 Å².